The van der Waals surface area contributed by atoms with Crippen LogP contribution in [0.2, 0.25) is 0 Å². The fourth-order valence-electron chi connectivity index (χ4n) is 2.25. The Hall–Kier alpha value is -1.26. The van der Waals surface area contributed by atoms with Crippen LogP contribution < -0.4 is 5.32 Å². The third-order valence-electron chi connectivity index (χ3n) is 3.33. The van der Waals surface area contributed by atoms with E-state index >= 15 is 0 Å². The molecule has 0 saturated carbocycles. The van der Waals surface area contributed by atoms with Crippen molar-refractivity contribution in [2.24, 2.45) is 0 Å². The summed E-state index contributed by atoms with van der Waals surface area (Å²) in [5, 5.41) is 6.87. The Morgan fingerprint density at radius 3 is 2.65 bits per heavy atom. The second kappa shape index (κ2) is 7.50. The van der Waals surface area contributed by atoms with Crippen molar-refractivity contribution < 1.29 is 0 Å². The van der Waals surface area contributed by atoms with Crippen LogP contribution >= 0.6 is 11.3 Å². The Morgan fingerprint density at radius 2 is 2.10 bits per heavy atom. The van der Waals surface area contributed by atoms with Crippen LogP contribution in [0.25, 0.3) is 0 Å². The number of aromatic nitrogens is 2. The monoisotopic (exact) mass is 289 g/mol. The van der Waals surface area contributed by atoms with E-state index in [1.165, 1.54) is 10.6 Å². The number of likely N-dealkylation sites (N-methyl/N-ethyl adjacent to an activating group) is 1. The maximum absolute atomic E-state index is 4.56. The first-order valence-electron chi connectivity index (χ1n) is 7.29. The molecule has 2 aromatic rings. The van der Waals surface area contributed by atoms with Gasteiger partial charge >= 0.3 is 0 Å². The van der Waals surface area contributed by atoms with Gasteiger partial charge in [0, 0.05) is 41.8 Å². The maximum Gasteiger partial charge on any atom is 0.0943 e. The van der Waals surface area contributed by atoms with Crippen LogP contribution in [0.3, 0.4) is 0 Å². The molecular weight excluding hydrogens is 266 g/mol. The highest BCUT2D eigenvalue weighted by Crippen LogP contribution is 2.13. The van der Waals surface area contributed by atoms with Crippen molar-refractivity contribution in [3.63, 3.8) is 0 Å². The average Bonchev–Trinajstić information content (AvgIpc) is 2.85. The second-order valence-corrected chi connectivity index (χ2v) is 6.00. The van der Waals surface area contributed by atoms with Crippen LogP contribution in [-0.2, 0) is 19.3 Å². The highest BCUT2D eigenvalue weighted by Gasteiger charge is 2.12. The molecule has 1 unspecified atom stereocenters. The van der Waals surface area contributed by atoms with Crippen molar-refractivity contribution >= 4 is 11.3 Å². The Labute approximate surface area is 125 Å². The number of pyridine rings is 1. The predicted octanol–water partition coefficient (Wildman–Crippen LogP) is 3.17. The van der Waals surface area contributed by atoms with Crippen molar-refractivity contribution in [3.05, 3.63) is 45.7 Å². The third-order valence-corrected chi connectivity index (χ3v) is 4.32. The van der Waals surface area contributed by atoms with Gasteiger partial charge in [-0.1, -0.05) is 19.9 Å². The van der Waals surface area contributed by atoms with Crippen molar-refractivity contribution in [2.75, 3.05) is 6.54 Å². The topological polar surface area (TPSA) is 37.8 Å². The standard InChI is InChI=1S/C16H23N3S/c1-4-13-6-7-14(18-10-13)8-15(17-5-2)9-16-19-12(3)11-20-16/h6-7,10-11,15,17H,4-5,8-9H2,1-3H3. The number of aryl methyl sites for hydroxylation is 2. The molecule has 0 spiro atoms. The SMILES string of the molecule is CCNC(Cc1ccc(CC)cn1)Cc1nc(C)cs1. The Morgan fingerprint density at radius 1 is 1.25 bits per heavy atom. The first-order valence-corrected chi connectivity index (χ1v) is 8.17. The zero-order valence-electron chi connectivity index (χ0n) is 12.5. The summed E-state index contributed by atoms with van der Waals surface area (Å²) in [6.07, 6.45) is 4.97. The summed E-state index contributed by atoms with van der Waals surface area (Å²) in [6, 6.07) is 4.74. The Kier molecular flexibility index (Phi) is 5.68. The van der Waals surface area contributed by atoms with Gasteiger partial charge in [-0.2, -0.15) is 0 Å². The van der Waals surface area contributed by atoms with Crippen LogP contribution in [0.5, 0.6) is 0 Å². The van der Waals surface area contributed by atoms with Crippen molar-refractivity contribution in [2.45, 2.75) is 46.1 Å². The third kappa shape index (κ3) is 4.39. The molecular formula is C16H23N3S. The largest absolute Gasteiger partial charge is 0.313 e. The fourth-order valence-corrected chi connectivity index (χ4v) is 3.10. The molecule has 0 aliphatic carbocycles. The molecule has 3 nitrogen and oxygen atoms in total. The van der Waals surface area contributed by atoms with Gasteiger partial charge in [-0.3, -0.25) is 4.98 Å². The molecule has 0 aromatic carbocycles. The quantitative estimate of drug-likeness (QED) is 0.851. The molecule has 20 heavy (non-hydrogen) atoms. The average molecular weight is 289 g/mol. The van der Waals surface area contributed by atoms with Gasteiger partial charge in [0.1, 0.15) is 0 Å². The van der Waals surface area contributed by atoms with Gasteiger partial charge in [0.2, 0.25) is 0 Å². The zero-order chi connectivity index (χ0) is 14.4. The molecule has 0 aliphatic heterocycles. The normalized spacial score (nSPS) is 12.6. The van der Waals surface area contributed by atoms with Crippen LogP contribution in [0, 0.1) is 6.92 Å². The number of nitrogens with one attached hydrogen (secondary N) is 1. The number of hydrogen-bond donors (Lipinski definition) is 1. The predicted molar refractivity (Wildman–Crippen MR) is 85.3 cm³/mol. The van der Waals surface area contributed by atoms with E-state index in [4.69, 9.17) is 0 Å². The lowest BCUT2D eigenvalue weighted by Crippen LogP contribution is -2.33. The molecule has 2 heterocycles. The minimum Gasteiger partial charge on any atom is -0.313 e. The molecule has 2 aromatic heterocycles. The van der Waals surface area contributed by atoms with E-state index in [0.29, 0.717) is 6.04 Å². The summed E-state index contributed by atoms with van der Waals surface area (Å²) in [5.74, 6) is 0. The maximum atomic E-state index is 4.56. The summed E-state index contributed by atoms with van der Waals surface area (Å²) in [5.41, 5.74) is 3.57. The second-order valence-electron chi connectivity index (χ2n) is 5.06. The molecule has 2 rings (SSSR count). The summed E-state index contributed by atoms with van der Waals surface area (Å²) in [6.45, 7) is 7.33. The van der Waals surface area contributed by atoms with E-state index in [-0.39, 0.29) is 0 Å². The van der Waals surface area contributed by atoms with Crippen LogP contribution in [-0.4, -0.2) is 22.6 Å². The summed E-state index contributed by atoms with van der Waals surface area (Å²) in [4.78, 5) is 9.12. The van der Waals surface area contributed by atoms with Crippen LogP contribution in [0.1, 0.15) is 35.8 Å². The van der Waals surface area contributed by atoms with E-state index in [1.54, 1.807) is 11.3 Å². The van der Waals surface area contributed by atoms with Gasteiger partial charge in [0.15, 0.2) is 0 Å². The minimum absolute atomic E-state index is 0.408. The highest BCUT2D eigenvalue weighted by molar-refractivity contribution is 7.09. The lowest BCUT2D eigenvalue weighted by atomic mass is 10.1. The lowest BCUT2D eigenvalue weighted by Gasteiger charge is -2.16. The Balaban J connectivity index is 2.00. The fraction of sp³-hybridized carbons (Fsp3) is 0.500. The molecule has 1 atom stereocenters. The van der Waals surface area contributed by atoms with Gasteiger partial charge < -0.3 is 5.32 Å². The molecule has 108 valence electrons. The minimum atomic E-state index is 0.408. The summed E-state index contributed by atoms with van der Waals surface area (Å²) in [7, 11) is 0. The van der Waals surface area contributed by atoms with E-state index in [2.05, 4.69) is 46.6 Å². The smallest absolute Gasteiger partial charge is 0.0943 e. The van der Waals surface area contributed by atoms with E-state index in [0.717, 1.165) is 37.2 Å². The number of thiazole rings is 1. The first kappa shape index (κ1) is 15.1. The molecule has 1 N–H and O–H groups in total. The van der Waals surface area contributed by atoms with Gasteiger partial charge in [-0.25, -0.2) is 4.98 Å². The molecule has 0 amide bonds. The lowest BCUT2D eigenvalue weighted by molar-refractivity contribution is 0.515. The van der Waals surface area contributed by atoms with Gasteiger partial charge in [-0.15, -0.1) is 11.3 Å². The van der Waals surface area contributed by atoms with E-state index < -0.39 is 0 Å². The zero-order valence-corrected chi connectivity index (χ0v) is 13.3. The summed E-state index contributed by atoms with van der Waals surface area (Å²) < 4.78 is 0. The van der Waals surface area contributed by atoms with Crippen molar-refractivity contribution in [1.82, 2.24) is 15.3 Å². The van der Waals surface area contributed by atoms with Gasteiger partial charge in [0.25, 0.3) is 0 Å². The Bertz CT molecular complexity index is 519. The molecule has 0 bridgehead atoms. The van der Waals surface area contributed by atoms with E-state index in [9.17, 15) is 0 Å². The van der Waals surface area contributed by atoms with E-state index in [1.807, 2.05) is 13.1 Å². The van der Waals surface area contributed by atoms with Crippen LogP contribution in [0.4, 0.5) is 0 Å². The summed E-state index contributed by atoms with van der Waals surface area (Å²) >= 11 is 1.75. The number of rotatable bonds is 7. The highest BCUT2D eigenvalue weighted by atomic mass is 32.1. The van der Waals surface area contributed by atoms with Crippen molar-refractivity contribution in [1.29, 1.82) is 0 Å². The molecule has 0 saturated heterocycles. The molecule has 0 aliphatic rings. The van der Waals surface area contributed by atoms with Gasteiger partial charge in [0.05, 0.1) is 5.01 Å². The van der Waals surface area contributed by atoms with Crippen LogP contribution in [0.15, 0.2) is 23.7 Å². The molecule has 0 radical (unpaired) electrons. The molecule has 4 heteroatoms. The molecule has 0 fully saturated rings. The van der Waals surface area contributed by atoms with Gasteiger partial charge in [-0.05, 0) is 31.5 Å². The van der Waals surface area contributed by atoms with Crippen molar-refractivity contribution in [3.8, 4) is 0 Å². The number of hydrogen-bond acceptors (Lipinski definition) is 4. The number of nitrogens with zero attached hydrogens (tertiary/aromatic N) is 2. The first-order chi connectivity index (χ1) is 9.71.